The molecule has 3 N–H and O–H groups in total. The molecule has 0 atom stereocenters. The van der Waals surface area contributed by atoms with Crippen molar-refractivity contribution in [3.8, 4) is 0 Å². The highest BCUT2D eigenvalue weighted by atomic mass is 32.2. The normalized spacial score (nSPS) is 11.4. The van der Waals surface area contributed by atoms with Gasteiger partial charge in [0.25, 0.3) is 0 Å². The fourth-order valence-corrected chi connectivity index (χ4v) is 2.28. The van der Waals surface area contributed by atoms with Crippen LogP contribution in [0, 0.1) is 10.8 Å². The van der Waals surface area contributed by atoms with Crippen LogP contribution in [0.3, 0.4) is 0 Å². The van der Waals surface area contributed by atoms with Crippen molar-refractivity contribution in [1.29, 1.82) is 5.41 Å². The van der Waals surface area contributed by atoms with Crippen LogP contribution in [0.4, 0.5) is 0 Å². The first-order chi connectivity index (χ1) is 8.02. The number of nitrogens with two attached hydrogens (primary N) is 1. The van der Waals surface area contributed by atoms with Gasteiger partial charge in [0.2, 0.25) is 0 Å². The third-order valence-corrected chi connectivity index (χ3v) is 3.84. The Morgan fingerprint density at radius 3 is 2.76 bits per heavy atom. The van der Waals surface area contributed by atoms with E-state index in [1.165, 1.54) is 0 Å². The minimum absolute atomic E-state index is 0.157. The summed E-state index contributed by atoms with van der Waals surface area (Å²) in [7, 11) is 0. The van der Waals surface area contributed by atoms with Crippen molar-refractivity contribution in [2.75, 3.05) is 5.75 Å². The van der Waals surface area contributed by atoms with Crippen LogP contribution in [-0.2, 0) is 0 Å². The van der Waals surface area contributed by atoms with Crippen molar-refractivity contribution < 1.29 is 0 Å². The van der Waals surface area contributed by atoms with Crippen LogP contribution in [0.2, 0.25) is 0 Å². The smallest absolute Gasteiger partial charge is 0.0963 e. The molecule has 4 heteroatoms. The maximum atomic E-state index is 7.47. The highest BCUT2D eigenvalue weighted by molar-refractivity contribution is 7.99. The third-order valence-electron chi connectivity index (χ3n) is 2.81. The lowest BCUT2D eigenvalue weighted by molar-refractivity contribution is 0.448. The summed E-state index contributed by atoms with van der Waals surface area (Å²) in [6.45, 7) is 4.06. The molecule has 94 valence electrons. The molecule has 0 radical (unpaired) electrons. The molecule has 1 heterocycles. The van der Waals surface area contributed by atoms with Crippen LogP contribution in [-0.4, -0.2) is 16.6 Å². The molecule has 0 aromatic carbocycles. The molecular formula is C13H21N3S. The van der Waals surface area contributed by atoms with Crippen LogP contribution in [0.15, 0.2) is 29.4 Å². The Morgan fingerprint density at radius 1 is 1.41 bits per heavy atom. The monoisotopic (exact) mass is 251 g/mol. The van der Waals surface area contributed by atoms with Crippen molar-refractivity contribution in [2.45, 2.75) is 38.1 Å². The Morgan fingerprint density at radius 2 is 2.18 bits per heavy atom. The molecule has 0 amide bonds. The van der Waals surface area contributed by atoms with Gasteiger partial charge in [-0.1, -0.05) is 26.3 Å². The first kappa shape index (κ1) is 14.0. The summed E-state index contributed by atoms with van der Waals surface area (Å²) in [5.74, 6) is 1.36. The number of amidine groups is 1. The van der Waals surface area contributed by atoms with Gasteiger partial charge in [-0.3, -0.25) is 5.41 Å². The van der Waals surface area contributed by atoms with Crippen LogP contribution in [0.25, 0.3) is 0 Å². The van der Waals surface area contributed by atoms with Crippen molar-refractivity contribution in [3.05, 3.63) is 24.4 Å². The fourth-order valence-electron chi connectivity index (χ4n) is 1.41. The number of thioether (sulfide) groups is 1. The molecule has 17 heavy (non-hydrogen) atoms. The maximum absolute atomic E-state index is 7.47. The van der Waals surface area contributed by atoms with E-state index < -0.39 is 0 Å². The van der Waals surface area contributed by atoms with Crippen molar-refractivity contribution >= 4 is 17.6 Å². The zero-order valence-corrected chi connectivity index (χ0v) is 11.4. The van der Waals surface area contributed by atoms with Crippen LogP contribution in [0.1, 0.15) is 33.1 Å². The van der Waals surface area contributed by atoms with Gasteiger partial charge in [-0.25, -0.2) is 4.98 Å². The highest BCUT2D eigenvalue weighted by Crippen LogP contribution is 2.24. The van der Waals surface area contributed by atoms with Gasteiger partial charge in [0, 0.05) is 11.6 Å². The fraction of sp³-hybridized carbons (Fsp3) is 0.538. The molecule has 0 aliphatic carbocycles. The van der Waals surface area contributed by atoms with Gasteiger partial charge >= 0.3 is 0 Å². The van der Waals surface area contributed by atoms with Gasteiger partial charge in [-0.15, -0.1) is 11.8 Å². The molecule has 0 saturated carbocycles. The Balaban J connectivity index is 2.15. The second-order valence-corrected chi connectivity index (χ2v) is 5.89. The van der Waals surface area contributed by atoms with Crippen LogP contribution < -0.4 is 5.73 Å². The van der Waals surface area contributed by atoms with E-state index in [4.69, 9.17) is 11.1 Å². The second-order valence-electron chi connectivity index (χ2n) is 4.77. The van der Waals surface area contributed by atoms with Crippen LogP contribution >= 0.6 is 11.8 Å². The summed E-state index contributed by atoms with van der Waals surface area (Å²) < 4.78 is 0. The Hall–Kier alpha value is -1.03. The van der Waals surface area contributed by atoms with Crippen molar-refractivity contribution in [1.82, 2.24) is 4.98 Å². The number of nitrogens with one attached hydrogen (secondary N) is 1. The summed E-state index contributed by atoms with van der Waals surface area (Å²) in [6.07, 6.45) is 5.04. The molecule has 3 nitrogen and oxygen atoms in total. The third kappa shape index (κ3) is 5.22. The average molecular weight is 251 g/mol. The quantitative estimate of drug-likeness (QED) is 0.338. The summed E-state index contributed by atoms with van der Waals surface area (Å²) in [4.78, 5) is 4.26. The maximum Gasteiger partial charge on any atom is 0.0963 e. The minimum atomic E-state index is -0.157. The van der Waals surface area contributed by atoms with Gasteiger partial charge in [0.05, 0.1) is 10.9 Å². The first-order valence-electron chi connectivity index (χ1n) is 5.91. The van der Waals surface area contributed by atoms with E-state index >= 15 is 0 Å². The zero-order valence-electron chi connectivity index (χ0n) is 10.6. The van der Waals surface area contributed by atoms with Crippen molar-refractivity contribution in [2.24, 2.45) is 11.1 Å². The Bertz CT molecular complexity index is 349. The lowest BCUT2D eigenvalue weighted by Crippen LogP contribution is -2.30. The molecule has 0 saturated heterocycles. The molecule has 1 aromatic rings. The number of unbranched alkanes of at least 4 members (excludes halogenated alkanes) is 1. The zero-order chi connectivity index (χ0) is 12.7. The molecule has 0 bridgehead atoms. The molecule has 0 spiro atoms. The molecule has 1 aromatic heterocycles. The van der Waals surface area contributed by atoms with E-state index in [2.05, 4.69) is 4.98 Å². The minimum Gasteiger partial charge on any atom is -0.387 e. The molecular weight excluding hydrogens is 230 g/mol. The number of rotatable bonds is 7. The number of aromatic nitrogens is 1. The summed E-state index contributed by atoms with van der Waals surface area (Å²) in [6, 6.07) is 5.97. The van der Waals surface area contributed by atoms with Gasteiger partial charge in [0.1, 0.15) is 0 Å². The lowest BCUT2D eigenvalue weighted by Gasteiger charge is -2.22. The molecule has 0 aliphatic heterocycles. The average Bonchev–Trinajstić information content (AvgIpc) is 2.29. The molecule has 0 fully saturated rings. The van der Waals surface area contributed by atoms with Crippen LogP contribution in [0.5, 0.6) is 0 Å². The summed E-state index contributed by atoms with van der Waals surface area (Å²) >= 11 is 1.78. The standard InChI is InChI=1S/C13H21N3S/c1-13(2,12(14)15)8-4-6-10-17-11-7-3-5-9-16-11/h3,5,7,9H,4,6,8,10H2,1-2H3,(H3,14,15). The molecule has 1 rings (SSSR count). The van der Waals surface area contributed by atoms with Gasteiger partial charge < -0.3 is 5.73 Å². The van der Waals surface area contributed by atoms with E-state index in [0.717, 1.165) is 30.0 Å². The molecule has 0 aliphatic rings. The topological polar surface area (TPSA) is 62.8 Å². The summed E-state index contributed by atoms with van der Waals surface area (Å²) in [5, 5.41) is 8.56. The second kappa shape index (κ2) is 6.64. The van der Waals surface area contributed by atoms with E-state index in [1.54, 1.807) is 11.8 Å². The number of hydrogen-bond donors (Lipinski definition) is 2. The Labute approximate surface area is 108 Å². The lowest BCUT2D eigenvalue weighted by atomic mass is 9.86. The molecule has 0 unspecified atom stereocenters. The van der Waals surface area contributed by atoms with Gasteiger partial charge in [0.15, 0.2) is 0 Å². The number of nitrogens with zero attached hydrogens (tertiary/aromatic N) is 1. The van der Waals surface area contributed by atoms with Gasteiger partial charge in [-0.05, 0) is 30.7 Å². The SMILES string of the molecule is CC(C)(CCCCSc1ccccn1)C(=N)N. The first-order valence-corrected chi connectivity index (χ1v) is 6.89. The highest BCUT2D eigenvalue weighted by Gasteiger charge is 2.20. The van der Waals surface area contributed by atoms with E-state index in [9.17, 15) is 0 Å². The number of pyridine rings is 1. The van der Waals surface area contributed by atoms with E-state index in [-0.39, 0.29) is 11.3 Å². The van der Waals surface area contributed by atoms with Gasteiger partial charge in [-0.2, -0.15) is 0 Å². The number of hydrogen-bond acceptors (Lipinski definition) is 3. The van der Waals surface area contributed by atoms with E-state index in [1.807, 2.05) is 38.2 Å². The predicted octanol–water partition coefficient (Wildman–Crippen LogP) is 3.31. The van der Waals surface area contributed by atoms with E-state index in [0.29, 0.717) is 0 Å². The predicted molar refractivity (Wildman–Crippen MR) is 74.5 cm³/mol. The summed E-state index contributed by atoms with van der Waals surface area (Å²) in [5.41, 5.74) is 5.39. The largest absolute Gasteiger partial charge is 0.387 e. The Kier molecular flexibility index (Phi) is 5.48. The van der Waals surface area contributed by atoms with Crippen molar-refractivity contribution in [3.63, 3.8) is 0 Å².